The first-order valence-corrected chi connectivity index (χ1v) is 7.02. The summed E-state index contributed by atoms with van der Waals surface area (Å²) in [5.74, 6) is -0.341. The van der Waals surface area contributed by atoms with Crippen molar-refractivity contribution in [3.8, 4) is 0 Å². The van der Waals surface area contributed by atoms with Gasteiger partial charge in [-0.25, -0.2) is 0 Å². The Morgan fingerprint density at radius 2 is 1.63 bits per heavy atom. The van der Waals surface area contributed by atoms with E-state index in [-0.39, 0.29) is 11.7 Å². The SMILES string of the molecule is O=C(c1ccc(C2(C(=O)O)CC2)cc1)C1CCCC1. The molecule has 0 aromatic heterocycles. The molecule has 2 aliphatic rings. The van der Waals surface area contributed by atoms with Gasteiger partial charge >= 0.3 is 5.97 Å². The lowest BCUT2D eigenvalue weighted by Gasteiger charge is -2.12. The Labute approximate surface area is 112 Å². The molecule has 1 aromatic rings. The molecular formula is C16H18O3. The van der Waals surface area contributed by atoms with Gasteiger partial charge in [0.1, 0.15) is 0 Å². The Balaban J connectivity index is 1.79. The van der Waals surface area contributed by atoms with Gasteiger partial charge in [-0.3, -0.25) is 9.59 Å². The molecule has 100 valence electrons. The molecule has 0 heterocycles. The van der Waals surface area contributed by atoms with E-state index in [9.17, 15) is 14.7 Å². The zero-order chi connectivity index (χ0) is 13.5. The summed E-state index contributed by atoms with van der Waals surface area (Å²) >= 11 is 0. The van der Waals surface area contributed by atoms with Crippen molar-refractivity contribution in [1.29, 1.82) is 0 Å². The van der Waals surface area contributed by atoms with Crippen molar-refractivity contribution in [3.63, 3.8) is 0 Å². The standard InChI is InChI=1S/C16H18O3/c17-14(11-3-1-2-4-11)12-5-7-13(8-6-12)16(9-10-16)15(18)19/h5-8,11H,1-4,9-10H2,(H,18,19). The number of benzene rings is 1. The fraction of sp³-hybridized carbons (Fsp3) is 0.500. The van der Waals surface area contributed by atoms with Crippen LogP contribution in [-0.4, -0.2) is 16.9 Å². The average molecular weight is 258 g/mol. The highest BCUT2D eigenvalue weighted by atomic mass is 16.4. The van der Waals surface area contributed by atoms with Gasteiger partial charge in [0.15, 0.2) is 5.78 Å². The molecule has 19 heavy (non-hydrogen) atoms. The predicted octanol–water partition coefficient (Wildman–Crippen LogP) is 3.18. The molecular weight excluding hydrogens is 240 g/mol. The summed E-state index contributed by atoms with van der Waals surface area (Å²) in [5.41, 5.74) is 0.898. The van der Waals surface area contributed by atoms with Crippen LogP contribution < -0.4 is 0 Å². The number of aliphatic carboxylic acids is 1. The first-order valence-electron chi connectivity index (χ1n) is 7.02. The zero-order valence-electron chi connectivity index (χ0n) is 10.9. The van der Waals surface area contributed by atoms with Crippen LogP contribution in [0.2, 0.25) is 0 Å². The maximum Gasteiger partial charge on any atom is 0.314 e. The monoisotopic (exact) mass is 258 g/mol. The molecule has 1 N–H and O–H groups in total. The highest BCUT2D eigenvalue weighted by molar-refractivity contribution is 5.98. The van der Waals surface area contributed by atoms with Crippen LogP contribution in [-0.2, 0) is 10.2 Å². The molecule has 3 heteroatoms. The number of hydrogen-bond donors (Lipinski definition) is 1. The summed E-state index contributed by atoms with van der Waals surface area (Å²) in [6.45, 7) is 0. The molecule has 1 aromatic carbocycles. The van der Waals surface area contributed by atoms with E-state index in [1.807, 2.05) is 12.1 Å². The fourth-order valence-corrected chi connectivity index (χ4v) is 3.13. The van der Waals surface area contributed by atoms with E-state index < -0.39 is 11.4 Å². The van der Waals surface area contributed by atoms with Gasteiger partial charge in [-0.2, -0.15) is 0 Å². The molecule has 3 nitrogen and oxygen atoms in total. The van der Waals surface area contributed by atoms with Crippen LogP contribution in [0.3, 0.4) is 0 Å². The molecule has 2 saturated carbocycles. The number of ketones is 1. The van der Waals surface area contributed by atoms with E-state index in [1.165, 1.54) is 0 Å². The minimum absolute atomic E-state index is 0.181. The quantitative estimate of drug-likeness (QED) is 0.844. The lowest BCUT2D eigenvalue weighted by atomic mass is 9.91. The number of hydrogen-bond acceptors (Lipinski definition) is 2. The van der Waals surface area contributed by atoms with Crippen molar-refractivity contribution in [2.45, 2.75) is 43.9 Å². The summed E-state index contributed by atoms with van der Waals surface area (Å²) in [5, 5.41) is 9.24. The molecule has 0 saturated heterocycles. The minimum atomic E-state index is -0.748. The highest BCUT2D eigenvalue weighted by Gasteiger charge is 2.51. The van der Waals surface area contributed by atoms with Crippen molar-refractivity contribution in [3.05, 3.63) is 35.4 Å². The minimum Gasteiger partial charge on any atom is -0.481 e. The highest BCUT2D eigenvalue weighted by Crippen LogP contribution is 2.48. The summed E-state index contributed by atoms with van der Waals surface area (Å²) in [4.78, 5) is 23.5. The number of carboxylic acids is 1. The topological polar surface area (TPSA) is 54.4 Å². The Kier molecular flexibility index (Phi) is 2.92. The molecule has 0 atom stereocenters. The largest absolute Gasteiger partial charge is 0.481 e. The van der Waals surface area contributed by atoms with Crippen LogP contribution >= 0.6 is 0 Å². The maximum atomic E-state index is 12.2. The number of carbonyl (C=O) groups excluding carboxylic acids is 1. The van der Waals surface area contributed by atoms with Crippen molar-refractivity contribution < 1.29 is 14.7 Å². The zero-order valence-corrected chi connectivity index (χ0v) is 10.9. The summed E-state index contributed by atoms with van der Waals surface area (Å²) in [7, 11) is 0. The summed E-state index contributed by atoms with van der Waals surface area (Å²) in [6.07, 6.45) is 5.71. The van der Waals surface area contributed by atoms with Gasteiger partial charge in [0.2, 0.25) is 0 Å². The van der Waals surface area contributed by atoms with Gasteiger partial charge in [0.05, 0.1) is 5.41 Å². The van der Waals surface area contributed by atoms with Crippen molar-refractivity contribution in [2.75, 3.05) is 0 Å². The molecule has 0 unspecified atom stereocenters. The fourth-order valence-electron chi connectivity index (χ4n) is 3.13. The Bertz CT molecular complexity index is 505. The number of rotatable bonds is 4. The molecule has 2 fully saturated rings. The maximum absolute atomic E-state index is 12.2. The van der Waals surface area contributed by atoms with E-state index in [0.29, 0.717) is 12.8 Å². The van der Waals surface area contributed by atoms with Gasteiger partial charge in [0, 0.05) is 11.5 Å². The normalized spacial score (nSPS) is 21.3. The number of carboxylic acid groups (broad SMARTS) is 1. The molecule has 0 spiro atoms. The molecule has 2 aliphatic carbocycles. The lowest BCUT2D eigenvalue weighted by molar-refractivity contribution is -0.140. The van der Waals surface area contributed by atoms with Gasteiger partial charge in [-0.05, 0) is 31.2 Å². The second-order valence-corrected chi connectivity index (χ2v) is 5.81. The van der Waals surface area contributed by atoms with E-state index in [4.69, 9.17) is 0 Å². The van der Waals surface area contributed by atoms with E-state index in [0.717, 1.165) is 36.8 Å². The molecule has 0 amide bonds. The Morgan fingerprint density at radius 3 is 2.11 bits per heavy atom. The van der Waals surface area contributed by atoms with Gasteiger partial charge in [-0.15, -0.1) is 0 Å². The number of carbonyl (C=O) groups is 2. The second kappa shape index (κ2) is 4.48. The Hall–Kier alpha value is -1.64. The third-order valence-electron chi connectivity index (χ3n) is 4.61. The van der Waals surface area contributed by atoms with Crippen LogP contribution in [0.25, 0.3) is 0 Å². The Morgan fingerprint density at radius 1 is 1.05 bits per heavy atom. The van der Waals surface area contributed by atoms with Crippen LogP contribution in [0.5, 0.6) is 0 Å². The molecule has 3 rings (SSSR count). The summed E-state index contributed by atoms with van der Waals surface area (Å²) < 4.78 is 0. The second-order valence-electron chi connectivity index (χ2n) is 5.81. The molecule has 0 radical (unpaired) electrons. The van der Waals surface area contributed by atoms with Crippen molar-refractivity contribution in [2.24, 2.45) is 5.92 Å². The van der Waals surface area contributed by atoms with E-state index in [2.05, 4.69) is 0 Å². The van der Waals surface area contributed by atoms with Gasteiger partial charge in [0.25, 0.3) is 0 Å². The number of Topliss-reactive ketones (excluding diaryl/α,β-unsaturated/α-hetero) is 1. The van der Waals surface area contributed by atoms with Crippen LogP contribution in [0.15, 0.2) is 24.3 Å². The molecule has 0 bridgehead atoms. The third kappa shape index (κ3) is 2.07. The smallest absolute Gasteiger partial charge is 0.314 e. The van der Waals surface area contributed by atoms with Crippen LogP contribution in [0.4, 0.5) is 0 Å². The molecule has 0 aliphatic heterocycles. The first kappa shape index (κ1) is 12.4. The predicted molar refractivity (Wildman–Crippen MR) is 71.3 cm³/mol. The van der Waals surface area contributed by atoms with Gasteiger partial charge < -0.3 is 5.11 Å². The van der Waals surface area contributed by atoms with Gasteiger partial charge in [-0.1, -0.05) is 37.1 Å². The van der Waals surface area contributed by atoms with Crippen LogP contribution in [0, 0.1) is 5.92 Å². The third-order valence-corrected chi connectivity index (χ3v) is 4.61. The summed E-state index contributed by atoms with van der Waals surface area (Å²) in [6, 6.07) is 7.25. The first-order chi connectivity index (χ1) is 9.13. The van der Waals surface area contributed by atoms with Crippen LogP contribution in [0.1, 0.15) is 54.4 Å². The average Bonchev–Trinajstić information content (AvgIpc) is 3.07. The van der Waals surface area contributed by atoms with E-state index in [1.54, 1.807) is 12.1 Å². The lowest BCUT2D eigenvalue weighted by Crippen LogP contribution is -2.19. The van der Waals surface area contributed by atoms with E-state index >= 15 is 0 Å². The van der Waals surface area contributed by atoms with Crippen molar-refractivity contribution in [1.82, 2.24) is 0 Å². The van der Waals surface area contributed by atoms with Crippen molar-refractivity contribution >= 4 is 11.8 Å².